The van der Waals surface area contributed by atoms with Crippen LogP contribution in [0.2, 0.25) is 0 Å². The number of anilines is 1. The Morgan fingerprint density at radius 2 is 1.81 bits per heavy atom. The van der Waals surface area contributed by atoms with Crippen LogP contribution in [0.25, 0.3) is 0 Å². The van der Waals surface area contributed by atoms with Gasteiger partial charge in [0.1, 0.15) is 5.75 Å². The molecule has 0 aromatic heterocycles. The van der Waals surface area contributed by atoms with Crippen LogP contribution in [-0.4, -0.2) is 56.0 Å². The van der Waals surface area contributed by atoms with Gasteiger partial charge in [0.05, 0.1) is 34.8 Å². The summed E-state index contributed by atoms with van der Waals surface area (Å²) in [6.07, 6.45) is -0.211. The number of sulfonamides is 1. The van der Waals surface area contributed by atoms with Crippen LogP contribution in [0.5, 0.6) is 5.75 Å². The Kier molecular flexibility index (Phi) is 6.88. The molecule has 11 heteroatoms. The maximum atomic E-state index is 13.0. The molecule has 2 aromatic rings. The lowest BCUT2D eigenvalue weighted by Gasteiger charge is -2.26. The van der Waals surface area contributed by atoms with Gasteiger partial charge in [0.15, 0.2) is 0 Å². The number of nitrogens with zero attached hydrogens (tertiary/aromatic N) is 2. The Bertz CT molecular complexity index is 1060. The highest BCUT2D eigenvalue weighted by molar-refractivity contribution is 7.89. The highest BCUT2D eigenvalue weighted by atomic mass is 32.2. The predicted molar refractivity (Wildman–Crippen MR) is 113 cm³/mol. The molecule has 1 aliphatic heterocycles. The van der Waals surface area contributed by atoms with Crippen molar-refractivity contribution in [2.45, 2.75) is 24.8 Å². The third-order valence-corrected chi connectivity index (χ3v) is 6.40. The van der Waals surface area contributed by atoms with Crippen molar-refractivity contribution in [3.63, 3.8) is 0 Å². The van der Waals surface area contributed by atoms with E-state index in [1.165, 1.54) is 46.8 Å². The van der Waals surface area contributed by atoms with Gasteiger partial charge in [-0.05, 0) is 44.2 Å². The number of non-ortho nitro benzene ring substituents is 1. The van der Waals surface area contributed by atoms with E-state index < -0.39 is 20.9 Å². The number of rotatable bonds is 7. The fourth-order valence-corrected chi connectivity index (χ4v) is 4.42. The third-order valence-electron chi connectivity index (χ3n) is 4.51. The summed E-state index contributed by atoms with van der Waals surface area (Å²) in [5.74, 6) is -0.240. The molecule has 0 saturated carbocycles. The minimum atomic E-state index is -3.77. The fourth-order valence-electron chi connectivity index (χ4n) is 2.99. The number of carbonyl (C=O) groups is 1. The van der Waals surface area contributed by atoms with E-state index in [9.17, 15) is 23.3 Å². The summed E-state index contributed by atoms with van der Waals surface area (Å²) in [4.78, 5) is 22.9. The molecule has 31 heavy (non-hydrogen) atoms. The lowest BCUT2D eigenvalue weighted by atomic mass is 10.2. The zero-order chi connectivity index (χ0) is 22.6. The molecule has 1 fully saturated rings. The topological polar surface area (TPSA) is 128 Å². The summed E-state index contributed by atoms with van der Waals surface area (Å²) in [6.45, 7) is 4.74. The molecule has 1 saturated heterocycles. The Hall–Kier alpha value is -3.02. The van der Waals surface area contributed by atoms with Gasteiger partial charge in [-0.25, -0.2) is 8.42 Å². The van der Waals surface area contributed by atoms with E-state index in [1.54, 1.807) is 13.8 Å². The van der Waals surface area contributed by atoms with E-state index in [-0.39, 0.29) is 41.0 Å². The number of benzene rings is 2. The third kappa shape index (κ3) is 5.37. The smallest absolute Gasteiger partial charge is 0.269 e. The molecule has 1 N–H and O–H groups in total. The molecule has 2 aromatic carbocycles. The summed E-state index contributed by atoms with van der Waals surface area (Å²) in [5, 5.41) is 13.5. The number of nitrogens with one attached hydrogen (secondary N) is 1. The van der Waals surface area contributed by atoms with E-state index in [4.69, 9.17) is 9.47 Å². The van der Waals surface area contributed by atoms with Crippen LogP contribution in [0.4, 0.5) is 11.4 Å². The summed E-state index contributed by atoms with van der Waals surface area (Å²) >= 11 is 0. The van der Waals surface area contributed by atoms with Crippen molar-refractivity contribution >= 4 is 27.3 Å². The first-order valence-corrected chi connectivity index (χ1v) is 11.1. The van der Waals surface area contributed by atoms with Crippen molar-refractivity contribution in [2.75, 3.05) is 31.6 Å². The maximum absolute atomic E-state index is 13.0. The van der Waals surface area contributed by atoms with Crippen LogP contribution in [0.15, 0.2) is 47.4 Å². The van der Waals surface area contributed by atoms with Crippen molar-refractivity contribution in [1.82, 2.24) is 4.31 Å². The van der Waals surface area contributed by atoms with Crippen LogP contribution in [0.3, 0.4) is 0 Å². The molecule has 10 nitrogen and oxygen atoms in total. The van der Waals surface area contributed by atoms with E-state index in [2.05, 4.69) is 5.32 Å². The molecular formula is C20H23N3O7S. The van der Waals surface area contributed by atoms with Crippen LogP contribution < -0.4 is 10.1 Å². The van der Waals surface area contributed by atoms with E-state index >= 15 is 0 Å². The van der Waals surface area contributed by atoms with Crippen molar-refractivity contribution in [2.24, 2.45) is 0 Å². The standard InChI is InChI=1S/C20H23N3O7S/c1-14(2)30-19-8-7-17(31(27,28)22-9-11-29-12-10-22)13-18(19)21-20(24)15-3-5-16(6-4-15)23(25)26/h3-8,13-14H,9-12H2,1-2H3,(H,21,24). The molecule has 3 rings (SSSR count). The monoisotopic (exact) mass is 449 g/mol. The fraction of sp³-hybridized carbons (Fsp3) is 0.350. The molecule has 0 unspecified atom stereocenters. The van der Waals surface area contributed by atoms with Gasteiger partial charge in [-0.1, -0.05) is 0 Å². The van der Waals surface area contributed by atoms with Gasteiger partial charge in [-0.2, -0.15) is 4.31 Å². The Balaban J connectivity index is 1.91. The summed E-state index contributed by atoms with van der Waals surface area (Å²) in [5.41, 5.74) is 0.230. The van der Waals surface area contributed by atoms with Gasteiger partial charge in [0.25, 0.3) is 11.6 Å². The largest absolute Gasteiger partial charge is 0.489 e. The lowest BCUT2D eigenvalue weighted by Crippen LogP contribution is -2.40. The van der Waals surface area contributed by atoms with E-state index in [0.717, 1.165) is 0 Å². The number of hydrogen-bond donors (Lipinski definition) is 1. The number of amides is 1. The molecule has 0 radical (unpaired) electrons. The molecule has 1 aliphatic rings. The van der Waals surface area contributed by atoms with Crippen molar-refractivity contribution in [1.29, 1.82) is 0 Å². The molecule has 0 aliphatic carbocycles. The number of ether oxygens (including phenoxy) is 2. The van der Waals surface area contributed by atoms with E-state index in [1.807, 2.05) is 0 Å². The zero-order valence-corrected chi connectivity index (χ0v) is 17.9. The highest BCUT2D eigenvalue weighted by Gasteiger charge is 2.27. The first-order valence-electron chi connectivity index (χ1n) is 9.63. The quantitative estimate of drug-likeness (QED) is 0.508. The van der Waals surface area contributed by atoms with Gasteiger partial charge < -0.3 is 14.8 Å². The second-order valence-corrected chi connectivity index (χ2v) is 9.04. The zero-order valence-electron chi connectivity index (χ0n) is 17.1. The van der Waals surface area contributed by atoms with Crippen LogP contribution in [-0.2, 0) is 14.8 Å². The second-order valence-electron chi connectivity index (χ2n) is 7.10. The molecule has 0 spiro atoms. The molecule has 0 atom stereocenters. The number of nitro benzene ring substituents is 1. The van der Waals surface area contributed by atoms with Gasteiger partial charge in [-0.3, -0.25) is 14.9 Å². The van der Waals surface area contributed by atoms with Crippen molar-refractivity contribution in [3.8, 4) is 5.75 Å². The highest BCUT2D eigenvalue weighted by Crippen LogP contribution is 2.31. The number of nitro groups is 1. The van der Waals surface area contributed by atoms with Crippen LogP contribution >= 0.6 is 0 Å². The molecular weight excluding hydrogens is 426 g/mol. The number of hydrogen-bond acceptors (Lipinski definition) is 7. The van der Waals surface area contributed by atoms with Gasteiger partial charge in [0, 0.05) is 30.8 Å². The lowest BCUT2D eigenvalue weighted by molar-refractivity contribution is -0.384. The summed E-state index contributed by atoms with van der Waals surface area (Å²) in [7, 11) is -3.77. The maximum Gasteiger partial charge on any atom is 0.269 e. The van der Waals surface area contributed by atoms with Gasteiger partial charge in [0.2, 0.25) is 10.0 Å². The van der Waals surface area contributed by atoms with Crippen molar-refractivity contribution in [3.05, 3.63) is 58.1 Å². The minimum absolute atomic E-state index is 0.0181. The molecule has 0 bridgehead atoms. The molecule has 1 amide bonds. The van der Waals surface area contributed by atoms with Crippen LogP contribution in [0.1, 0.15) is 24.2 Å². The van der Waals surface area contributed by atoms with Gasteiger partial charge >= 0.3 is 0 Å². The molecule has 166 valence electrons. The first-order chi connectivity index (χ1) is 14.7. The SMILES string of the molecule is CC(C)Oc1ccc(S(=O)(=O)N2CCOCC2)cc1NC(=O)c1ccc([N+](=O)[O-])cc1. The first kappa shape index (κ1) is 22.7. The van der Waals surface area contributed by atoms with Crippen molar-refractivity contribution < 1.29 is 27.6 Å². The van der Waals surface area contributed by atoms with Crippen LogP contribution in [0, 0.1) is 10.1 Å². The second kappa shape index (κ2) is 9.41. The predicted octanol–water partition coefficient (Wildman–Crippen LogP) is 2.66. The summed E-state index contributed by atoms with van der Waals surface area (Å²) < 4.78 is 38.2. The Morgan fingerprint density at radius 1 is 1.16 bits per heavy atom. The summed E-state index contributed by atoms with van der Waals surface area (Å²) in [6, 6.07) is 9.38. The number of carbonyl (C=O) groups excluding carboxylic acids is 1. The van der Waals surface area contributed by atoms with E-state index in [0.29, 0.717) is 19.0 Å². The average Bonchev–Trinajstić information content (AvgIpc) is 2.75. The normalized spacial score (nSPS) is 14.9. The molecule has 1 heterocycles. The Morgan fingerprint density at radius 3 is 2.39 bits per heavy atom. The average molecular weight is 449 g/mol. The van der Waals surface area contributed by atoms with Gasteiger partial charge in [-0.15, -0.1) is 0 Å². The number of morpholine rings is 1. The Labute approximate surface area is 180 Å². The minimum Gasteiger partial charge on any atom is -0.489 e.